The molecule has 1 atom stereocenters. The first kappa shape index (κ1) is 16.2. The van der Waals surface area contributed by atoms with Gasteiger partial charge in [-0.1, -0.05) is 20.8 Å². The van der Waals surface area contributed by atoms with Gasteiger partial charge in [-0.15, -0.1) is 22.9 Å². The van der Waals surface area contributed by atoms with Crippen LogP contribution in [0, 0.1) is 13.8 Å². The Morgan fingerprint density at radius 3 is 2.48 bits per heavy atom. The van der Waals surface area contributed by atoms with Crippen LogP contribution in [0.5, 0.6) is 0 Å². The van der Waals surface area contributed by atoms with Crippen LogP contribution in [-0.2, 0) is 5.41 Å². The van der Waals surface area contributed by atoms with Gasteiger partial charge in [-0.05, 0) is 26.8 Å². The number of alkyl halides is 1. The van der Waals surface area contributed by atoms with E-state index in [1.807, 2.05) is 24.5 Å². The van der Waals surface area contributed by atoms with Crippen molar-refractivity contribution in [3.8, 4) is 5.13 Å². The molecule has 2 aromatic rings. The van der Waals surface area contributed by atoms with Crippen LogP contribution in [0.2, 0.25) is 0 Å². The number of carbonyl (C=O) groups excluding carboxylic acids is 1. The maximum absolute atomic E-state index is 12.2. The molecule has 0 aliphatic heterocycles. The first-order chi connectivity index (χ1) is 9.62. The van der Waals surface area contributed by atoms with Gasteiger partial charge in [0.05, 0.1) is 11.1 Å². The highest BCUT2D eigenvalue weighted by atomic mass is 35.5. The fourth-order valence-electron chi connectivity index (χ4n) is 2.23. The zero-order chi connectivity index (χ0) is 15.9. The van der Waals surface area contributed by atoms with Crippen molar-refractivity contribution in [1.29, 1.82) is 0 Å². The lowest BCUT2D eigenvalue weighted by Crippen LogP contribution is -2.13. The van der Waals surface area contributed by atoms with E-state index in [1.54, 1.807) is 18.3 Å². The molecular formula is C16H21ClN2OS. The highest BCUT2D eigenvalue weighted by Crippen LogP contribution is 2.29. The number of Topliss-reactive ketones (excluding diaryl/α,β-unsaturated/α-hetero) is 1. The monoisotopic (exact) mass is 324 g/mol. The van der Waals surface area contributed by atoms with Crippen molar-refractivity contribution in [3.05, 3.63) is 34.1 Å². The third-order valence-electron chi connectivity index (χ3n) is 3.51. The molecule has 0 saturated carbocycles. The van der Waals surface area contributed by atoms with E-state index in [4.69, 9.17) is 16.6 Å². The van der Waals surface area contributed by atoms with Crippen molar-refractivity contribution in [2.24, 2.45) is 0 Å². The van der Waals surface area contributed by atoms with Gasteiger partial charge in [-0.25, -0.2) is 4.98 Å². The molecule has 0 radical (unpaired) electrons. The lowest BCUT2D eigenvalue weighted by molar-refractivity contribution is 0.0991. The van der Waals surface area contributed by atoms with Crippen molar-refractivity contribution in [1.82, 2.24) is 9.55 Å². The lowest BCUT2D eigenvalue weighted by Gasteiger charge is -2.14. The Hall–Kier alpha value is -1.13. The average Bonchev–Trinajstić information content (AvgIpc) is 2.93. The van der Waals surface area contributed by atoms with E-state index < -0.39 is 5.38 Å². The van der Waals surface area contributed by atoms with Crippen molar-refractivity contribution in [2.75, 3.05) is 0 Å². The van der Waals surface area contributed by atoms with E-state index in [-0.39, 0.29) is 11.2 Å². The zero-order valence-corrected chi connectivity index (χ0v) is 14.9. The van der Waals surface area contributed by atoms with Crippen LogP contribution in [0.15, 0.2) is 11.4 Å². The minimum atomic E-state index is -0.514. The predicted molar refractivity (Wildman–Crippen MR) is 89.3 cm³/mol. The summed E-state index contributed by atoms with van der Waals surface area (Å²) in [6, 6.07) is 1.90. The average molecular weight is 325 g/mol. The van der Waals surface area contributed by atoms with E-state index >= 15 is 0 Å². The maximum atomic E-state index is 12.2. The third-order valence-corrected chi connectivity index (χ3v) is 4.53. The van der Waals surface area contributed by atoms with Crippen LogP contribution in [0.25, 0.3) is 5.13 Å². The normalized spacial score (nSPS) is 13.5. The molecule has 2 aromatic heterocycles. The molecule has 0 bridgehead atoms. The Bertz CT molecular complexity index is 677. The first-order valence-electron chi connectivity index (χ1n) is 6.96. The Morgan fingerprint density at radius 1 is 1.38 bits per heavy atom. The fourth-order valence-corrected chi connectivity index (χ4v) is 3.51. The van der Waals surface area contributed by atoms with Gasteiger partial charge < -0.3 is 0 Å². The summed E-state index contributed by atoms with van der Waals surface area (Å²) >= 11 is 7.53. The zero-order valence-electron chi connectivity index (χ0n) is 13.3. The molecule has 2 rings (SSSR count). The van der Waals surface area contributed by atoms with Gasteiger partial charge in [-0.2, -0.15) is 0 Å². The maximum Gasteiger partial charge on any atom is 0.194 e. The van der Waals surface area contributed by atoms with Crippen LogP contribution in [0.4, 0.5) is 0 Å². The van der Waals surface area contributed by atoms with Crippen LogP contribution in [0.3, 0.4) is 0 Å². The number of rotatable bonds is 3. The summed E-state index contributed by atoms with van der Waals surface area (Å²) in [6.45, 7) is 12.1. The van der Waals surface area contributed by atoms with Gasteiger partial charge >= 0.3 is 0 Å². The van der Waals surface area contributed by atoms with E-state index in [0.29, 0.717) is 5.56 Å². The Kier molecular flexibility index (Phi) is 4.31. The summed E-state index contributed by atoms with van der Waals surface area (Å²) in [4.78, 5) is 16.9. The van der Waals surface area contributed by atoms with Gasteiger partial charge in [-0.3, -0.25) is 9.36 Å². The van der Waals surface area contributed by atoms with Gasteiger partial charge in [0.2, 0.25) is 0 Å². The number of hydrogen-bond acceptors (Lipinski definition) is 3. The number of hydrogen-bond donors (Lipinski definition) is 0. The number of aromatic nitrogens is 2. The molecule has 3 nitrogen and oxygen atoms in total. The van der Waals surface area contributed by atoms with E-state index in [2.05, 4.69) is 26.2 Å². The molecular weight excluding hydrogens is 304 g/mol. The number of aryl methyl sites for hydroxylation is 1. The molecule has 21 heavy (non-hydrogen) atoms. The highest BCUT2D eigenvalue weighted by Gasteiger charge is 2.23. The van der Waals surface area contributed by atoms with Crippen molar-refractivity contribution in [2.45, 2.75) is 52.3 Å². The Morgan fingerprint density at radius 2 is 2.00 bits per heavy atom. The summed E-state index contributed by atoms with van der Waals surface area (Å²) in [6.07, 6.45) is 0. The topological polar surface area (TPSA) is 34.9 Å². The quantitative estimate of drug-likeness (QED) is 0.608. The minimum Gasteiger partial charge on any atom is -0.294 e. The van der Waals surface area contributed by atoms with E-state index in [9.17, 15) is 4.79 Å². The molecule has 0 aliphatic rings. The number of ketones is 1. The van der Waals surface area contributed by atoms with Crippen LogP contribution in [0.1, 0.15) is 55.1 Å². The van der Waals surface area contributed by atoms with Gasteiger partial charge in [0.25, 0.3) is 0 Å². The van der Waals surface area contributed by atoms with E-state index in [0.717, 1.165) is 22.2 Å². The molecule has 1 unspecified atom stereocenters. The molecule has 0 N–H and O–H groups in total. The van der Waals surface area contributed by atoms with Gasteiger partial charge in [0.1, 0.15) is 0 Å². The largest absolute Gasteiger partial charge is 0.294 e. The molecule has 0 saturated heterocycles. The Labute approximate surface area is 135 Å². The van der Waals surface area contributed by atoms with Gasteiger partial charge in [0.15, 0.2) is 10.9 Å². The second kappa shape index (κ2) is 5.58. The molecule has 0 aromatic carbocycles. The number of carbonyl (C=O) groups is 1. The molecule has 114 valence electrons. The van der Waals surface area contributed by atoms with Crippen LogP contribution < -0.4 is 0 Å². The number of thiazole rings is 1. The third kappa shape index (κ3) is 3.06. The number of halogens is 1. The van der Waals surface area contributed by atoms with Crippen molar-refractivity contribution in [3.63, 3.8) is 0 Å². The highest BCUT2D eigenvalue weighted by molar-refractivity contribution is 7.12. The molecule has 0 fully saturated rings. The molecule has 2 heterocycles. The summed E-state index contributed by atoms with van der Waals surface area (Å²) in [5.74, 6) is -0.0383. The second-order valence-electron chi connectivity index (χ2n) is 6.37. The minimum absolute atomic E-state index is 0.0208. The van der Waals surface area contributed by atoms with E-state index in [1.165, 1.54) is 0 Å². The smallest absolute Gasteiger partial charge is 0.194 e. The summed E-state index contributed by atoms with van der Waals surface area (Å²) < 4.78 is 2.03. The lowest BCUT2D eigenvalue weighted by atomic mass is 9.93. The van der Waals surface area contributed by atoms with Gasteiger partial charge in [0, 0.05) is 27.7 Å². The van der Waals surface area contributed by atoms with Crippen LogP contribution in [-0.4, -0.2) is 20.7 Å². The first-order valence-corrected chi connectivity index (χ1v) is 8.28. The predicted octanol–water partition coefficient (Wildman–Crippen LogP) is 4.66. The summed E-state index contributed by atoms with van der Waals surface area (Å²) in [5.41, 5.74) is 3.67. The van der Waals surface area contributed by atoms with Crippen molar-refractivity contribution >= 4 is 28.7 Å². The molecule has 0 spiro atoms. The summed E-state index contributed by atoms with van der Waals surface area (Å²) in [7, 11) is 0. The molecule has 0 amide bonds. The number of nitrogens with zero attached hydrogens (tertiary/aromatic N) is 2. The standard InChI is InChI=1S/C16H21ClN2OS/c1-9-7-12(14(20)10(2)17)11(3)19(9)15-18-13(8-21-15)16(4,5)6/h7-8,10H,1-6H3. The fraction of sp³-hybridized carbons (Fsp3) is 0.500. The SMILES string of the molecule is Cc1cc(C(=O)C(C)Cl)c(C)n1-c1nc(C(C)(C)C)cs1. The second-order valence-corrected chi connectivity index (χ2v) is 7.86. The molecule has 5 heteroatoms. The van der Waals surface area contributed by atoms with Crippen molar-refractivity contribution < 1.29 is 4.79 Å². The Balaban J connectivity index is 2.51. The summed E-state index contributed by atoms with van der Waals surface area (Å²) in [5, 5.41) is 2.47. The molecule has 0 aliphatic carbocycles. The van der Waals surface area contributed by atoms with Crippen LogP contribution >= 0.6 is 22.9 Å².